The maximum absolute atomic E-state index is 4.51. The molecule has 18 heavy (non-hydrogen) atoms. The van der Waals surface area contributed by atoms with E-state index in [2.05, 4.69) is 27.2 Å². The first kappa shape index (κ1) is 11.9. The summed E-state index contributed by atoms with van der Waals surface area (Å²) in [7, 11) is 2.18. The quantitative estimate of drug-likeness (QED) is 0.882. The van der Waals surface area contributed by atoms with Crippen molar-refractivity contribution in [2.45, 2.75) is 38.6 Å². The van der Waals surface area contributed by atoms with E-state index in [0.29, 0.717) is 0 Å². The summed E-state index contributed by atoms with van der Waals surface area (Å²) in [5.41, 5.74) is 2.54. The molecule has 2 heterocycles. The average molecular weight is 246 g/mol. The number of rotatable bonds is 3. The summed E-state index contributed by atoms with van der Waals surface area (Å²) in [6.45, 7) is 3.10. The van der Waals surface area contributed by atoms with Gasteiger partial charge in [0.05, 0.1) is 5.69 Å². The predicted octanol–water partition coefficient (Wildman–Crippen LogP) is 1.75. The van der Waals surface area contributed by atoms with E-state index >= 15 is 0 Å². The van der Waals surface area contributed by atoms with Crippen LogP contribution in [0.25, 0.3) is 0 Å². The Bertz CT molecular complexity index is 412. The van der Waals surface area contributed by atoms with E-state index < -0.39 is 0 Å². The van der Waals surface area contributed by atoms with Gasteiger partial charge in [-0.15, -0.1) is 0 Å². The van der Waals surface area contributed by atoms with Crippen LogP contribution < -0.4 is 10.2 Å². The third kappa shape index (κ3) is 2.34. The second kappa shape index (κ2) is 5.22. The van der Waals surface area contributed by atoms with Crippen LogP contribution in [0.3, 0.4) is 0 Å². The molecule has 0 saturated heterocycles. The molecule has 2 aliphatic rings. The van der Waals surface area contributed by atoms with E-state index in [4.69, 9.17) is 0 Å². The molecule has 0 bridgehead atoms. The molecule has 0 radical (unpaired) electrons. The molecule has 1 N–H and O–H groups in total. The molecule has 1 aliphatic carbocycles. The van der Waals surface area contributed by atoms with Crippen molar-refractivity contribution in [1.82, 2.24) is 15.3 Å². The van der Waals surface area contributed by atoms with E-state index in [1.54, 1.807) is 6.33 Å². The summed E-state index contributed by atoms with van der Waals surface area (Å²) in [4.78, 5) is 11.3. The van der Waals surface area contributed by atoms with Crippen LogP contribution in [-0.4, -0.2) is 30.1 Å². The maximum Gasteiger partial charge on any atom is 0.136 e. The minimum Gasteiger partial charge on any atom is -0.359 e. The first-order valence-corrected chi connectivity index (χ1v) is 7.09. The van der Waals surface area contributed by atoms with Crippen LogP contribution in [0.2, 0.25) is 0 Å². The zero-order valence-corrected chi connectivity index (χ0v) is 11.2. The van der Waals surface area contributed by atoms with E-state index in [-0.39, 0.29) is 0 Å². The van der Waals surface area contributed by atoms with Crippen LogP contribution in [0.1, 0.15) is 36.9 Å². The highest BCUT2D eigenvalue weighted by Gasteiger charge is 2.21. The van der Waals surface area contributed by atoms with Crippen molar-refractivity contribution in [1.29, 1.82) is 0 Å². The fourth-order valence-electron chi connectivity index (χ4n) is 3.25. The lowest BCUT2D eigenvalue weighted by Gasteiger charge is -2.27. The molecule has 3 rings (SSSR count). The Morgan fingerprint density at radius 1 is 1.33 bits per heavy atom. The normalized spacial score (nSPS) is 19.8. The number of anilines is 1. The number of hydrogen-bond donors (Lipinski definition) is 1. The van der Waals surface area contributed by atoms with E-state index in [9.17, 15) is 0 Å². The summed E-state index contributed by atoms with van der Waals surface area (Å²) in [5.74, 6) is 2.00. The van der Waals surface area contributed by atoms with Gasteiger partial charge in [-0.3, -0.25) is 0 Å². The smallest absolute Gasteiger partial charge is 0.136 e. The largest absolute Gasteiger partial charge is 0.359 e. The van der Waals surface area contributed by atoms with E-state index in [0.717, 1.165) is 37.8 Å². The maximum atomic E-state index is 4.51. The molecule has 0 aromatic carbocycles. The predicted molar refractivity (Wildman–Crippen MR) is 72.7 cm³/mol. The molecule has 0 atom stereocenters. The summed E-state index contributed by atoms with van der Waals surface area (Å²) in [6, 6.07) is 0. The lowest BCUT2D eigenvalue weighted by molar-refractivity contribution is 0.540. The van der Waals surface area contributed by atoms with Gasteiger partial charge in [0.1, 0.15) is 12.1 Å². The number of nitrogens with one attached hydrogen (secondary N) is 1. The highest BCUT2D eigenvalue weighted by Crippen LogP contribution is 2.28. The summed E-state index contributed by atoms with van der Waals surface area (Å²) in [6.07, 6.45) is 8.34. The Morgan fingerprint density at radius 2 is 2.17 bits per heavy atom. The Morgan fingerprint density at radius 3 is 3.00 bits per heavy atom. The molecule has 98 valence electrons. The number of hydrogen-bond acceptors (Lipinski definition) is 4. The van der Waals surface area contributed by atoms with Crippen LogP contribution in [0, 0.1) is 5.92 Å². The van der Waals surface area contributed by atoms with Crippen LogP contribution in [0.15, 0.2) is 6.33 Å². The van der Waals surface area contributed by atoms with Crippen molar-refractivity contribution in [3.63, 3.8) is 0 Å². The summed E-state index contributed by atoms with van der Waals surface area (Å²) in [5, 5.41) is 3.42. The van der Waals surface area contributed by atoms with Crippen LogP contribution in [0.4, 0.5) is 5.82 Å². The molecule has 0 unspecified atom stereocenters. The van der Waals surface area contributed by atoms with Crippen molar-refractivity contribution < 1.29 is 0 Å². The average Bonchev–Trinajstić information content (AvgIpc) is 2.91. The Kier molecular flexibility index (Phi) is 3.46. The Labute approximate surface area is 109 Å². The molecule has 4 nitrogen and oxygen atoms in total. The Balaban J connectivity index is 1.78. The van der Waals surface area contributed by atoms with E-state index in [1.807, 2.05) is 0 Å². The minimum absolute atomic E-state index is 0.858. The number of fused-ring (bicyclic) bond motifs is 1. The third-order valence-corrected chi connectivity index (χ3v) is 4.22. The molecule has 1 aromatic heterocycles. The van der Waals surface area contributed by atoms with Gasteiger partial charge in [0, 0.05) is 38.7 Å². The zero-order chi connectivity index (χ0) is 12.4. The first-order chi connectivity index (χ1) is 8.84. The molecule has 1 aliphatic heterocycles. The molecule has 0 amide bonds. The molecule has 4 heteroatoms. The second-order valence-electron chi connectivity index (χ2n) is 5.58. The fraction of sp³-hybridized carbons (Fsp3) is 0.714. The number of aromatic nitrogens is 2. The van der Waals surface area contributed by atoms with Gasteiger partial charge in [0.2, 0.25) is 0 Å². The van der Waals surface area contributed by atoms with Gasteiger partial charge >= 0.3 is 0 Å². The molecular weight excluding hydrogens is 224 g/mol. The van der Waals surface area contributed by atoms with Crippen molar-refractivity contribution in [2.75, 3.05) is 25.0 Å². The van der Waals surface area contributed by atoms with Gasteiger partial charge in [0.25, 0.3) is 0 Å². The van der Waals surface area contributed by atoms with Gasteiger partial charge in [-0.05, 0) is 18.8 Å². The highest BCUT2D eigenvalue weighted by molar-refractivity contribution is 5.48. The summed E-state index contributed by atoms with van der Waals surface area (Å²) >= 11 is 0. The zero-order valence-electron chi connectivity index (χ0n) is 11.2. The van der Waals surface area contributed by atoms with Gasteiger partial charge in [-0.2, -0.15) is 0 Å². The van der Waals surface area contributed by atoms with Crippen molar-refractivity contribution in [3.05, 3.63) is 17.6 Å². The van der Waals surface area contributed by atoms with Crippen molar-refractivity contribution in [2.24, 2.45) is 5.92 Å². The van der Waals surface area contributed by atoms with Crippen LogP contribution in [-0.2, 0) is 13.0 Å². The van der Waals surface area contributed by atoms with Crippen LogP contribution >= 0.6 is 0 Å². The monoisotopic (exact) mass is 246 g/mol. The van der Waals surface area contributed by atoms with Gasteiger partial charge in [-0.25, -0.2) is 9.97 Å². The fourth-order valence-corrected chi connectivity index (χ4v) is 3.25. The lowest BCUT2D eigenvalue weighted by Crippen LogP contribution is -2.31. The second-order valence-corrected chi connectivity index (χ2v) is 5.58. The molecule has 0 spiro atoms. The SMILES string of the molecule is CN(CC1CCCC1)c1ncnc2c1CNCC2. The molecule has 1 saturated carbocycles. The minimum atomic E-state index is 0.858. The van der Waals surface area contributed by atoms with Gasteiger partial charge in [0.15, 0.2) is 0 Å². The standard InChI is InChI=1S/C14H22N4/c1-18(9-11-4-2-3-5-11)14-12-8-15-7-6-13(12)16-10-17-14/h10-11,15H,2-9H2,1H3. The van der Waals surface area contributed by atoms with Gasteiger partial charge < -0.3 is 10.2 Å². The lowest BCUT2D eigenvalue weighted by atomic mass is 10.1. The highest BCUT2D eigenvalue weighted by atomic mass is 15.2. The van der Waals surface area contributed by atoms with Crippen molar-refractivity contribution in [3.8, 4) is 0 Å². The third-order valence-electron chi connectivity index (χ3n) is 4.22. The molecule has 1 fully saturated rings. The molecular formula is C14H22N4. The molecule has 1 aromatic rings. The number of nitrogens with zero attached hydrogens (tertiary/aromatic N) is 3. The first-order valence-electron chi connectivity index (χ1n) is 7.09. The summed E-state index contributed by atoms with van der Waals surface area (Å²) < 4.78 is 0. The van der Waals surface area contributed by atoms with E-state index in [1.165, 1.54) is 36.9 Å². The Hall–Kier alpha value is -1.16. The van der Waals surface area contributed by atoms with Crippen LogP contribution in [0.5, 0.6) is 0 Å². The van der Waals surface area contributed by atoms with Crippen molar-refractivity contribution >= 4 is 5.82 Å². The van der Waals surface area contributed by atoms with Gasteiger partial charge in [-0.1, -0.05) is 12.8 Å². The topological polar surface area (TPSA) is 41.1 Å².